The van der Waals surface area contributed by atoms with Crippen LogP contribution in [0.15, 0.2) is 17.3 Å². The Morgan fingerprint density at radius 1 is 1.33 bits per heavy atom. The Balaban J connectivity index is 2.79. The van der Waals surface area contributed by atoms with E-state index in [1.54, 1.807) is 17.9 Å². The predicted molar refractivity (Wildman–Crippen MR) is 84.7 cm³/mol. The van der Waals surface area contributed by atoms with E-state index in [4.69, 9.17) is 0 Å². The van der Waals surface area contributed by atoms with Crippen molar-refractivity contribution in [3.8, 4) is 0 Å². The molecule has 1 rings (SSSR count). The van der Waals surface area contributed by atoms with Crippen LogP contribution in [0, 0.1) is 0 Å². The van der Waals surface area contributed by atoms with E-state index in [-0.39, 0.29) is 4.90 Å². The first-order valence-electron chi connectivity index (χ1n) is 7.48. The second kappa shape index (κ2) is 7.38. The summed E-state index contributed by atoms with van der Waals surface area (Å²) in [6.45, 7) is 10.3. The largest absolute Gasteiger partial charge is 0.315 e. The van der Waals surface area contributed by atoms with Gasteiger partial charge >= 0.3 is 0 Å². The maximum absolute atomic E-state index is 12.6. The van der Waals surface area contributed by atoms with E-state index in [1.165, 1.54) is 10.5 Å². The monoisotopic (exact) mass is 316 g/mol. The lowest BCUT2D eigenvalue weighted by Crippen LogP contribution is -2.44. The average Bonchev–Trinajstić information content (AvgIpc) is 2.92. The van der Waals surface area contributed by atoms with Crippen molar-refractivity contribution in [3.05, 3.63) is 12.4 Å². The highest BCUT2D eigenvalue weighted by Crippen LogP contribution is 2.24. The van der Waals surface area contributed by atoms with E-state index < -0.39 is 15.6 Å². The van der Waals surface area contributed by atoms with Gasteiger partial charge in [0.05, 0.1) is 12.7 Å². The Bertz CT molecular complexity index is 537. The molecule has 1 heterocycles. The molecule has 6 nitrogen and oxygen atoms in total. The van der Waals surface area contributed by atoms with Crippen LogP contribution in [-0.2, 0) is 16.6 Å². The van der Waals surface area contributed by atoms with Crippen molar-refractivity contribution >= 4 is 10.0 Å². The third-order valence-electron chi connectivity index (χ3n) is 3.93. The van der Waals surface area contributed by atoms with Gasteiger partial charge in [-0.25, -0.2) is 8.42 Å². The normalized spacial score (nSPS) is 13.0. The molecule has 0 fully saturated rings. The van der Waals surface area contributed by atoms with E-state index in [0.29, 0.717) is 6.54 Å². The molecule has 0 spiro atoms. The first-order valence-corrected chi connectivity index (χ1v) is 8.92. The van der Waals surface area contributed by atoms with Crippen molar-refractivity contribution in [2.75, 3.05) is 20.1 Å². The van der Waals surface area contributed by atoms with Crippen molar-refractivity contribution in [1.29, 1.82) is 0 Å². The second-order valence-electron chi connectivity index (χ2n) is 5.83. The van der Waals surface area contributed by atoms with E-state index in [9.17, 15) is 8.42 Å². The zero-order valence-corrected chi connectivity index (χ0v) is 14.6. The maximum Gasteiger partial charge on any atom is 0.246 e. The molecule has 0 saturated heterocycles. The van der Waals surface area contributed by atoms with Gasteiger partial charge in [-0.3, -0.25) is 4.68 Å². The molecule has 0 aliphatic rings. The summed E-state index contributed by atoms with van der Waals surface area (Å²) in [7, 11) is -1.87. The highest BCUT2D eigenvalue weighted by atomic mass is 32.2. The number of nitrogens with one attached hydrogen (secondary N) is 1. The fraction of sp³-hybridized carbons (Fsp3) is 0.786. The van der Waals surface area contributed by atoms with Gasteiger partial charge in [0, 0.05) is 25.3 Å². The fourth-order valence-electron chi connectivity index (χ4n) is 1.80. The SMILES string of the molecule is CCCNCCn1cc(S(=O)(=O)N(C)C(C)(C)CC)cn1. The Kier molecular flexibility index (Phi) is 6.37. The highest BCUT2D eigenvalue weighted by molar-refractivity contribution is 7.89. The Morgan fingerprint density at radius 3 is 2.57 bits per heavy atom. The summed E-state index contributed by atoms with van der Waals surface area (Å²) in [6.07, 6.45) is 4.86. The van der Waals surface area contributed by atoms with Gasteiger partial charge in [0.2, 0.25) is 10.0 Å². The van der Waals surface area contributed by atoms with Gasteiger partial charge in [-0.15, -0.1) is 0 Å². The number of nitrogens with zero attached hydrogens (tertiary/aromatic N) is 3. The van der Waals surface area contributed by atoms with Crippen LogP contribution in [0.2, 0.25) is 0 Å². The first-order chi connectivity index (χ1) is 9.75. The molecule has 0 amide bonds. The predicted octanol–water partition coefficient (Wildman–Crippen LogP) is 1.69. The van der Waals surface area contributed by atoms with E-state index >= 15 is 0 Å². The number of hydrogen-bond acceptors (Lipinski definition) is 4. The molecule has 1 aromatic rings. The van der Waals surface area contributed by atoms with Crippen molar-refractivity contribution in [2.24, 2.45) is 0 Å². The molecule has 0 aliphatic heterocycles. The van der Waals surface area contributed by atoms with Gasteiger partial charge in [0.15, 0.2) is 0 Å². The molecule has 0 aromatic carbocycles. The van der Waals surface area contributed by atoms with Gasteiger partial charge in [0.1, 0.15) is 4.90 Å². The maximum atomic E-state index is 12.6. The summed E-state index contributed by atoms with van der Waals surface area (Å²) < 4.78 is 28.3. The zero-order chi connectivity index (χ0) is 16.1. The topological polar surface area (TPSA) is 67.2 Å². The first kappa shape index (κ1) is 18.1. The minimum atomic E-state index is -3.49. The van der Waals surface area contributed by atoms with Crippen molar-refractivity contribution in [1.82, 2.24) is 19.4 Å². The van der Waals surface area contributed by atoms with Crippen molar-refractivity contribution < 1.29 is 8.42 Å². The van der Waals surface area contributed by atoms with Gasteiger partial charge < -0.3 is 5.32 Å². The average molecular weight is 316 g/mol. The number of sulfonamides is 1. The summed E-state index contributed by atoms with van der Waals surface area (Å²) in [4.78, 5) is 0.252. The smallest absolute Gasteiger partial charge is 0.246 e. The summed E-state index contributed by atoms with van der Waals surface area (Å²) in [5.41, 5.74) is -0.413. The fourth-order valence-corrected chi connectivity index (χ4v) is 3.33. The van der Waals surface area contributed by atoms with E-state index in [0.717, 1.165) is 25.9 Å². The van der Waals surface area contributed by atoms with Gasteiger partial charge in [-0.05, 0) is 33.2 Å². The molecular weight excluding hydrogens is 288 g/mol. The minimum Gasteiger partial charge on any atom is -0.315 e. The lowest BCUT2D eigenvalue weighted by molar-refractivity contribution is 0.257. The Morgan fingerprint density at radius 2 is 2.00 bits per heavy atom. The van der Waals surface area contributed by atoms with Crippen LogP contribution in [-0.4, -0.2) is 48.2 Å². The van der Waals surface area contributed by atoms with Crippen LogP contribution >= 0.6 is 0 Å². The van der Waals surface area contributed by atoms with Crippen molar-refractivity contribution in [3.63, 3.8) is 0 Å². The standard InChI is InChI=1S/C14H28N4O2S/c1-6-8-15-9-10-18-12-13(11-16-18)21(19,20)17(5)14(3,4)7-2/h11-12,15H,6-10H2,1-5H3. The molecule has 0 radical (unpaired) electrons. The van der Waals surface area contributed by atoms with E-state index in [2.05, 4.69) is 17.3 Å². The lowest BCUT2D eigenvalue weighted by Gasteiger charge is -2.33. The molecule has 7 heteroatoms. The third-order valence-corrected chi connectivity index (χ3v) is 5.95. The summed E-state index contributed by atoms with van der Waals surface area (Å²) in [6, 6.07) is 0. The van der Waals surface area contributed by atoms with Crippen LogP contribution in [0.1, 0.15) is 40.5 Å². The van der Waals surface area contributed by atoms with Gasteiger partial charge in [-0.2, -0.15) is 9.40 Å². The molecule has 21 heavy (non-hydrogen) atoms. The summed E-state index contributed by atoms with van der Waals surface area (Å²) in [5, 5.41) is 7.41. The summed E-state index contributed by atoms with van der Waals surface area (Å²) >= 11 is 0. The van der Waals surface area contributed by atoms with Gasteiger partial charge in [0.25, 0.3) is 0 Å². The molecule has 1 aromatic heterocycles. The lowest BCUT2D eigenvalue weighted by atomic mass is 10.0. The molecule has 0 saturated carbocycles. The number of aromatic nitrogens is 2. The Labute approximate surface area is 128 Å². The molecule has 0 bridgehead atoms. The quantitative estimate of drug-likeness (QED) is 0.704. The zero-order valence-electron chi connectivity index (χ0n) is 13.8. The molecule has 122 valence electrons. The minimum absolute atomic E-state index is 0.252. The van der Waals surface area contributed by atoms with Gasteiger partial charge in [-0.1, -0.05) is 13.8 Å². The molecule has 0 atom stereocenters. The number of hydrogen-bond donors (Lipinski definition) is 1. The van der Waals surface area contributed by atoms with E-state index in [1.807, 2.05) is 20.8 Å². The van der Waals surface area contributed by atoms with Crippen LogP contribution in [0.5, 0.6) is 0 Å². The van der Waals surface area contributed by atoms with Crippen LogP contribution < -0.4 is 5.32 Å². The van der Waals surface area contributed by atoms with Crippen LogP contribution in [0.4, 0.5) is 0 Å². The molecule has 0 unspecified atom stereocenters. The second-order valence-corrected chi connectivity index (χ2v) is 7.80. The molecular formula is C14H28N4O2S. The summed E-state index contributed by atoms with van der Waals surface area (Å²) in [5.74, 6) is 0. The molecule has 0 aliphatic carbocycles. The third kappa shape index (κ3) is 4.52. The number of rotatable bonds is 9. The van der Waals surface area contributed by atoms with Crippen LogP contribution in [0.25, 0.3) is 0 Å². The van der Waals surface area contributed by atoms with Crippen molar-refractivity contribution in [2.45, 2.75) is 57.5 Å². The Hall–Kier alpha value is -0.920. The molecule has 1 N–H and O–H groups in total. The highest BCUT2D eigenvalue weighted by Gasteiger charge is 2.33. The van der Waals surface area contributed by atoms with Crippen LogP contribution in [0.3, 0.4) is 0 Å².